The van der Waals surface area contributed by atoms with Crippen LogP contribution in [0.2, 0.25) is 0 Å². The molecule has 0 unspecified atom stereocenters. The number of anilines is 2. The van der Waals surface area contributed by atoms with Crippen LogP contribution >= 0.6 is 0 Å². The Morgan fingerprint density at radius 2 is 2.00 bits per heavy atom. The van der Waals surface area contributed by atoms with Crippen molar-refractivity contribution in [3.63, 3.8) is 0 Å². The van der Waals surface area contributed by atoms with Gasteiger partial charge in [-0.1, -0.05) is 0 Å². The van der Waals surface area contributed by atoms with Gasteiger partial charge < -0.3 is 19.7 Å². The fourth-order valence-corrected chi connectivity index (χ4v) is 4.86. The van der Waals surface area contributed by atoms with Crippen LogP contribution in [0.4, 0.5) is 20.6 Å². The molecule has 0 saturated carbocycles. The second-order valence-corrected chi connectivity index (χ2v) is 9.32. The average Bonchev–Trinajstić information content (AvgIpc) is 2.96. The standard InChI is InChI=1S/C17H20FN3O6S/c1-10(22)19-8-16-14-9-26-15-7-12(20-2-4-28(24,25)5-3-20)11(18)6-13(15)21(14)17(23)27-16/h6-7,14,16H,2-5,8-9H2,1H3,(H,19,22)/t14-,16-/m0/s1. The summed E-state index contributed by atoms with van der Waals surface area (Å²) >= 11 is 0. The second kappa shape index (κ2) is 6.80. The summed E-state index contributed by atoms with van der Waals surface area (Å²) in [5.41, 5.74) is 0.506. The topological polar surface area (TPSA) is 105 Å². The molecule has 2 amide bonds. The van der Waals surface area contributed by atoms with Crippen molar-refractivity contribution in [1.82, 2.24) is 5.32 Å². The summed E-state index contributed by atoms with van der Waals surface area (Å²) in [6.45, 7) is 2.05. The van der Waals surface area contributed by atoms with E-state index in [0.29, 0.717) is 5.75 Å². The lowest BCUT2D eigenvalue weighted by Gasteiger charge is -2.34. The molecule has 2 fully saturated rings. The van der Waals surface area contributed by atoms with Gasteiger partial charge in [0.15, 0.2) is 9.84 Å². The zero-order valence-electron chi connectivity index (χ0n) is 15.2. The summed E-state index contributed by atoms with van der Waals surface area (Å²) < 4.78 is 49.1. The first-order valence-electron chi connectivity index (χ1n) is 8.91. The van der Waals surface area contributed by atoms with Crippen molar-refractivity contribution in [2.45, 2.75) is 19.1 Å². The predicted molar refractivity (Wildman–Crippen MR) is 98.0 cm³/mol. The van der Waals surface area contributed by atoms with E-state index in [9.17, 15) is 22.4 Å². The number of amides is 2. The number of hydrogen-bond donors (Lipinski definition) is 1. The van der Waals surface area contributed by atoms with Gasteiger partial charge in [0.05, 0.1) is 29.4 Å². The molecule has 1 aromatic rings. The summed E-state index contributed by atoms with van der Waals surface area (Å²) in [7, 11) is -3.09. The SMILES string of the molecule is CC(=O)NC[C@@H]1OC(=O)N2c3cc(F)c(N4CCS(=O)(=O)CC4)cc3OC[C@@H]12. The van der Waals surface area contributed by atoms with E-state index in [1.54, 1.807) is 4.90 Å². The number of fused-ring (bicyclic) bond motifs is 3. The maximum absolute atomic E-state index is 14.8. The third-order valence-electron chi connectivity index (χ3n) is 5.14. The highest BCUT2D eigenvalue weighted by Crippen LogP contribution is 2.42. The molecule has 3 aliphatic heterocycles. The maximum atomic E-state index is 14.8. The molecule has 2 saturated heterocycles. The number of nitrogens with zero attached hydrogens (tertiary/aromatic N) is 2. The average molecular weight is 413 g/mol. The monoisotopic (exact) mass is 413 g/mol. The Morgan fingerprint density at radius 1 is 1.29 bits per heavy atom. The molecule has 3 aliphatic rings. The van der Waals surface area contributed by atoms with E-state index in [2.05, 4.69) is 5.32 Å². The minimum Gasteiger partial charge on any atom is -0.489 e. The molecule has 0 aromatic heterocycles. The third-order valence-corrected chi connectivity index (χ3v) is 6.75. The zero-order valence-corrected chi connectivity index (χ0v) is 16.0. The van der Waals surface area contributed by atoms with Crippen LogP contribution in [0.3, 0.4) is 0 Å². The summed E-state index contributed by atoms with van der Waals surface area (Å²) in [4.78, 5) is 26.5. The Bertz CT molecular complexity index is 923. The van der Waals surface area contributed by atoms with Gasteiger partial charge in [-0.05, 0) is 0 Å². The van der Waals surface area contributed by atoms with E-state index in [4.69, 9.17) is 9.47 Å². The Kier molecular flexibility index (Phi) is 4.56. The van der Waals surface area contributed by atoms with E-state index >= 15 is 0 Å². The normalized spacial score (nSPS) is 25.4. The predicted octanol–water partition coefficient (Wildman–Crippen LogP) is 0.283. The van der Waals surface area contributed by atoms with E-state index in [1.807, 2.05) is 0 Å². The van der Waals surface area contributed by atoms with Crippen molar-refractivity contribution in [3.8, 4) is 5.75 Å². The first-order valence-corrected chi connectivity index (χ1v) is 10.7. The number of carbonyl (C=O) groups is 2. The van der Waals surface area contributed by atoms with Crippen LogP contribution in [0.15, 0.2) is 12.1 Å². The van der Waals surface area contributed by atoms with Crippen molar-refractivity contribution in [3.05, 3.63) is 17.9 Å². The van der Waals surface area contributed by atoms with Gasteiger partial charge in [0.1, 0.15) is 30.3 Å². The first-order chi connectivity index (χ1) is 13.2. The number of sulfone groups is 1. The lowest BCUT2D eigenvalue weighted by Crippen LogP contribution is -2.47. The van der Waals surface area contributed by atoms with E-state index in [-0.39, 0.29) is 55.0 Å². The van der Waals surface area contributed by atoms with Crippen LogP contribution in [-0.2, 0) is 19.4 Å². The van der Waals surface area contributed by atoms with Crippen LogP contribution in [-0.4, -0.2) is 70.3 Å². The van der Waals surface area contributed by atoms with Crippen LogP contribution in [0, 0.1) is 5.82 Å². The molecule has 0 aliphatic carbocycles. The third kappa shape index (κ3) is 3.34. The fraction of sp³-hybridized carbons (Fsp3) is 0.529. The molecule has 1 N–H and O–H groups in total. The molecular formula is C17H20FN3O6S. The van der Waals surface area contributed by atoms with Crippen LogP contribution in [0.1, 0.15) is 6.92 Å². The summed E-state index contributed by atoms with van der Waals surface area (Å²) in [6, 6.07) is 2.23. The van der Waals surface area contributed by atoms with E-state index < -0.39 is 33.9 Å². The number of carbonyl (C=O) groups excluding carboxylic acids is 2. The van der Waals surface area contributed by atoms with E-state index in [0.717, 1.165) is 0 Å². The van der Waals surface area contributed by atoms with Gasteiger partial charge in [0.25, 0.3) is 0 Å². The summed E-state index contributed by atoms with van der Waals surface area (Å²) in [6.07, 6.45) is -1.22. The van der Waals surface area contributed by atoms with Crippen molar-refractivity contribution in [2.24, 2.45) is 0 Å². The number of nitrogens with one attached hydrogen (secondary N) is 1. The number of halogens is 1. The second-order valence-electron chi connectivity index (χ2n) is 7.02. The molecule has 2 atom stereocenters. The smallest absolute Gasteiger partial charge is 0.415 e. The number of ether oxygens (including phenoxy) is 2. The number of rotatable bonds is 3. The van der Waals surface area contributed by atoms with Gasteiger partial charge in [-0.2, -0.15) is 0 Å². The molecule has 0 bridgehead atoms. The van der Waals surface area contributed by atoms with Gasteiger partial charge in [-0.25, -0.2) is 17.6 Å². The molecular weight excluding hydrogens is 393 g/mol. The number of benzene rings is 1. The molecule has 3 heterocycles. The van der Waals surface area contributed by atoms with Crippen molar-refractivity contribution < 1.29 is 31.9 Å². The first kappa shape index (κ1) is 18.8. The van der Waals surface area contributed by atoms with Crippen LogP contribution in [0.25, 0.3) is 0 Å². The van der Waals surface area contributed by atoms with Gasteiger partial charge >= 0.3 is 6.09 Å². The molecule has 9 nitrogen and oxygen atoms in total. The van der Waals surface area contributed by atoms with Gasteiger partial charge in [0.2, 0.25) is 5.91 Å². The number of hydrogen-bond acceptors (Lipinski definition) is 7. The molecule has 4 rings (SSSR count). The maximum Gasteiger partial charge on any atom is 0.415 e. The van der Waals surface area contributed by atoms with Crippen LogP contribution in [0.5, 0.6) is 5.75 Å². The Morgan fingerprint density at radius 3 is 2.68 bits per heavy atom. The van der Waals surface area contributed by atoms with Gasteiger partial charge in [-0.15, -0.1) is 0 Å². The fourth-order valence-electron chi connectivity index (χ4n) is 3.65. The van der Waals surface area contributed by atoms with Gasteiger partial charge in [0, 0.05) is 32.1 Å². The molecule has 0 spiro atoms. The Balaban J connectivity index is 1.59. The largest absolute Gasteiger partial charge is 0.489 e. The van der Waals surface area contributed by atoms with Crippen molar-refractivity contribution in [2.75, 3.05) is 47.5 Å². The van der Waals surface area contributed by atoms with Crippen molar-refractivity contribution in [1.29, 1.82) is 0 Å². The molecule has 28 heavy (non-hydrogen) atoms. The lowest BCUT2D eigenvalue weighted by molar-refractivity contribution is -0.119. The molecule has 152 valence electrons. The molecule has 11 heteroatoms. The highest BCUT2D eigenvalue weighted by molar-refractivity contribution is 7.91. The van der Waals surface area contributed by atoms with Gasteiger partial charge in [-0.3, -0.25) is 9.69 Å². The summed E-state index contributed by atoms with van der Waals surface area (Å²) in [5, 5.41) is 2.61. The number of cyclic esters (lactones) is 1. The Labute approximate surface area is 161 Å². The minimum absolute atomic E-state index is 0.0320. The zero-order chi connectivity index (χ0) is 20.1. The van der Waals surface area contributed by atoms with Crippen molar-refractivity contribution >= 4 is 33.2 Å². The Hall–Kier alpha value is -2.56. The quantitative estimate of drug-likeness (QED) is 0.759. The lowest BCUT2D eigenvalue weighted by atomic mass is 10.1. The minimum atomic E-state index is -3.09. The highest BCUT2D eigenvalue weighted by atomic mass is 32.2. The highest BCUT2D eigenvalue weighted by Gasteiger charge is 2.47. The molecule has 1 aromatic carbocycles. The summed E-state index contributed by atoms with van der Waals surface area (Å²) in [5.74, 6) is -0.546. The van der Waals surface area contributed by atoms with Crippen LogP contribution < -0.4 is 19.9 Å². The molecule has 0 radical (unpaired) electrons. The van der Waals surface area contributed by atoms with E-state index in [1.165, 1.54) is 24.0 Å².